The molecule has 1 aliphatic heterocycles. The van der Waals surface area contributed by atoms with Crippen LogP contribution in [-0.4, -0.2) is 51.0 Å². The highest BCUT2D eigenvalue weighted by Gasteiger charge is 2.25. The van der Waals surface area contributed by atoms with E-state index in [0.29, 0.717) is 0 Å². The molecule has 6 heteroatoms. The van der Waals surface area contributed by atoms with Crippen LogP contribution in [0.5, 0.6) is 5.75 Å². The smallest absolute Gasteiger partial charge is 0.132 e. The van der Waals surface area contributed by atoms with Crippen molar-refractivity contribution in [3.63, 3.8) is 0 Å². The van der Waals surface area contributed by atoms with Crippen LogP contribution in [0.1, 0.15) is 39.0 Å². The van der Waals surface area contributed by atoms with Gasteiger partial charge in [-0.1, -0.05) is 32.6 Å². The van der Waals surface area contributed by atoms with Gasteiger partial charge >= 0.3 is 0 Å². The number of halogens is 2. The van der Waals surface area contributed by atoms with Crippen molar-refractivity contribution in [2.24, 2.45) is 0 Å². The number of nitrogens with one attached hydrogen (secondary N) is 2. The second kappa shape index (κ2) is 13.7. The van der Waals surface area contributed by atoms with Crippen LogP contribution in [0.2, 0.25) is 0 Å². The highest BCUT2D eigenvalue weighted by Crippen LogP contribution is 2.12. The molecule has 0 bridgehead atoms. The molecule has 0 aliphatic carbocycles. The molecule has 1 aliphatic rings. The normalized spacial score (nSPS) is 20.9. The minimum Gasteiger partial charge on any atom is -1.00 e. The first-order chi connectivity index (χ1) is 11.2. The Balaban J connectivity index is 0.00000288. The molecular formula is C19H34Cl2N2O2. The molecule has 1 fully saturated rings. The van der Waals surface area contributed by atoms with Gasteiger partial charge in [0.25, 0.3) is 0 Å². The number of aliphatic hydroxyl groups is 1. The zero-order chi connectivity index (χ0) is 16.5. The number of benzene rings is 1. The van der Waals surface area contributed by atoms with Gasteiger partial charge in [-0.25, -0.2) is 0 Å². The highest BCUT2D eigenvalue weighted by molar-refractivity contribution is 5.35. The Labute approximate surface area is 165 Å². The van der Waals surface area contributed by atoms with Gasteiger partial charge in [0.05, 0.1) is 7.11 Å². The first-order valence-electron chi connectivity index (χ1n) is 9.23. The summed E-state index contributed by atoms with van der Waals surface area (Å²) >= 11 is 0. The van der Waals surface area contributed by atoms with Gasteiger partial charge < -0.3 is 39.6 Å². The van der Waals surface area contributed by atoms with Gasteiger partial charge in [0.2, 0.25) is 0 Å². The Bertz CT molecular complexity index is 438. The van der Waals surface area contributed by atoms with E-state index in [1.165, 1.54) is 31.4 Å². The minimum atomic E-state index is -0.121. The lowest BCUT2D eigenvalue weighted by Gasteiger charge is -2.30. The van der Waals surface area contributed by atoms with Gasteiger partial charge in [-0.05, 0) is 18.6 Å². The number of piperazine rings is 1. The summed E-state index contributed by atoms with van der Waals surface area (Å²) in [6.45, 7) is 7.72. The van der Waals surface area contributed by atoms with Crippen LogP contribution in [0.3, 0.4) is 0 Å². The predicted octanol–water partition coefficient (Wildman–Crippen LogP) is -5.55. The molecular weight excluding hydrogens is 359 g/mol. The Morgan fingerprint density at radius 2 is 1.64 bits per heavy atom. The third-order valence-electron chi connectivity index (χ3n) is 4.97. The summed E-state index contributed by atoms with van der Waals surface area (Å²) in [6.07, 6.45) is 5.84. The van der Waals surface area contributed by atoms with Gasteiger partial charge in [0.15, 0.2) is 0 Å². The van der Waals surface area contributed by atoms with Gasteiger partial charge in [0.1, 0.15) is 50.3 Å². The Morgan fingerprint density at radius 1 is 1.00 bits per heavy atom. The molecule has 1 unspecified atom stereocenters. The Morgan fingerprint density at radius 3 is 2.20 bits per heavy atom. The first-order valence-corrected chi connectivity index (χ1v) is 9.23. The molecule has 1 saturated heterocycles. The summed E-state index contributed by atoms with van der Waals surface area (Å²) in [5.41, 5.74) is 1.35. The lowest BCUT2D eigenvalue weighted by Crippen LogP contribution is -3.26. The summed E-state index contributed by atoms with van der Waals surface area (Å²) < 4.78 is 5.22. The van der Waals surface area contributed by atoms with E-state index >= 15 is 0 Å². The fraction of sp³-hybridized carbons (Fsp3) is 0.684. The minimum absolute atomic E-state index is 0. The fourth-order valence-corrected chi connectivity index (χ4v) is 3.47. The maximum atomic E-state index is 10.2. The molecule has 2 rings (SSSR count). The monoisotopic (exact) mass is 392 g/mol. The first kappa shape index (κ1) is 24.5. The lowest BCUT2D eigenvalue weighted by molar-refractivity contribution is -0.988. The number of quaternary nitrogens is 2. The molecule has 0 radical (unpaired) electrons. The second-order valence-corrected chi connectivity index (χ2v) is 6.79. The van der Waals surface area contributed by atoms with Crippen molar-refractivity contribution in [1.82, 2.24) is 0 Å². The average molecular weight is 393 g/mol. The molecule has 4 nitrogen and oxygen atoms in total. The quantitative estimate of drug-likeness (QED) is 0.367. The van der Waals surface area contributed by atoms with E-state index in [2.05, 4.69) is 19.1 Å². The molecule has 1 aromatic carbocycles. The molecule has 3 N–H and O–H groups in total. The highest BCUT2D eigenvalue weighted by atomic mass is 35.5. The SMILES string of the molecule is CCCCCCC(O)C[NH+]1CC[NH+](c2ccc(OC)cc2)CC1.[Cl-].[Cl-]. The fourth-order valence-electron chi connectivity index (χ4n) is 3.47. The van der Waals surface area contributed by atoms with E-state index in [0.717, 1.165) is 44.9 Å². The van der Waals surface area contributed by atoms with Crippen LogP contribution in [0, 0.1) is 0 Å². The van der Waals surface area contributed by atoms with Crippen LogP contribution >= 0.6 is 0 Å². The molecule has 1 heterocycles. The summed E-state index contributed by atoms with van der Waals surface area (Å²) in [5.74, 6) is 0.920. The van der Waals surface area contributed by atoms with Crippen LogP contribution in [0.4, 0.5) is 5.69 Å². The number of rotatable bonds is 9. The van der Waals surface area contributed by atoms with E-state index in [-0.39, 0.29) is 30.9 Å². The predicted molar refractivity (Wildman–Crippen MR) is 93.7 cm³/mol. The van der Waals surface area contributed by atoms with Crippen LogP contribution in [-0.2, 0) is 0 Å². The third-order valence-corrected chi connectivity index (χ3v) is 4.97. The van der Waals surface area contributed by atoms with E-state index in [1.807, 2.05) is 12.1 Å². The molecule has 25 heavy (non-hydrogen) atoms. The molecule has 0 aromatic heterocycles. The van der Waals surface area contributed by atoms with Crippen molar-refractivity contribution in [2.45, 2.75) is 45.1 Å². The number of hydrogen-bond acceptors (Lipinski definition) is 2. The van der Waals surface area contributed by atoms with Gasteiger partial charge in [-0.15, -0.1) is 0 Å². The number of ether oxygens (including phenoxy) is 1. The third kappa shape index (κ3) is 8.61. The maximum Gasteiger partial charge on any atom is 0.132 e. The molecule has 0 amide bonds. The van der Waals surface area contributed by atoms with Gasteiger partial charge in [-0.3, -0.25) is 4.90 Å². The van der Waals surface area contributed by atoms with Gasteiger partial charge in [0, 0.05) is 12.1 Å². The van der Waals surface area contributed by atoms with Crippen molar-refractivity contribution in [1.29, 1.82) is 0 Å². The van der Waals surface area contributed by atoms with E-state index < -0.39 is 0 Å². The van der Waals surface area contributed by atoms with Gasteiger partial charge in [-0.2, -0.15) is 0 Å². The zero-order valence-electron chi connectivity index (χ0n) is 15.6. The largest absolute Gasteiger partial charge is 1.00 e. The van der Waals surface area contributed by atoms with Crippen molar-refractivity contribution in [2.75, 3.05) is 39.8 Å². The van der Waals surface area contributed by atoms with Crippen LogP contribution in [0.25, 0.3) is 0 Å². The van der Waals surface area contributed by atoms with Crippen molar-refractivity contribution >= 4 is 5.69 Å². The molecule has 146 valence electrons. The Hall–Kier alpha value is -0.520. The summed E-state index contributed by atoms with van der Waals surface area (Å²) in [5, 5.41) is 10.2. The lowest BCUT2D eigenvalue weighted by atomic mass is 10.1. The summed E-state index contributed by atoms with van der Waals surface area (Å²) in [7, 11) is 1.71. The van der Waals surface area contributed by atoms with E-state index in [1.54, 1.807) is 16.9 Å². The number of unbranched alkanes of at least 4 members (excludes halogenated alkanes) is 3. The van der Waals surface area contributed by atoms with E-state index in [9.17, 15) is 5.11 Å². The molecule has 0 saturated carbocycles. The number of hydrogen-bond donors (Lipinski definition) is 3. The molecule has 1 atom stereocenters. The number of aliphatic hydroxyl groups excluding tert-OH is 1. The standard InChI is InChI=1S/C19H32N2O2.2ClH/c1-3-4-5-6-7-18(22)16-20-12-14-21(15-13-20)17-8-10-19(23-2)11-9-17;;/h8-11,18,22H,3-7,12-16H2,1-2H3;2*1H. The second-order valence-electron chi connectivity index (χ2n) is 6.79. The average Bonchev–Trinajstić information content (AvgIpc) is 2.59. The van der Waals surface area contributed by atoms with Crippen molar-refractivity contribution < 1.29 is 44.5 Å². The zero-order valence-corrected chi connectivity index (χ0v) is 17.1. The van der Waals surface area contributed by atoms with Crippen molar-refractivity contribution in [3.8, 4) is 5.75 Å². The van der Waals surface area contributed by atoms with Crippen molar-refractivity contribution in [3.05, 3.63) is 24.3 Å². The maximum absolute atomic E-state index is 10.2. The van der Waals surface area contributed by atoms with E-state index in [4.69, 9.17) is 4.74 Å². The van der Waals surface area contributed by atoms with Crippen LogP contribution < -0.4 is 39.4 Å². The number of methoxy groups -OCH3 is 1. The molecule has 0 spiro atoms. The molecule has 1 aromatic rings. The Kier molecular flexibility index (Phi) is 13.4. The summed E-state index contributed by atoms with van der Waals surface area (Å²) in [6, 6.07) is 8.42. The van der Waals surface area contributed by atoms with Crippen LogP contribution in [0.15, 0.2) is 24.3 Å². The topological polar surface area (TPSA) is 38.3 Å². The summed E-state index contributed by atoms with van der Waals surface area (Å²) in [4.78, 5) is 3.11.